The molecule has 0 radical (unpaired) electrons. The molecule has 1 atom stereocenters. The van der Waals surface area contributed by atoms with Crippen molar-refractivity contribution in [2.24, 2.45) is 0 Å². The molecule has 2 rings (SSSR count). The molecule has 1 aromatic heterocycles. The van der Waals surface area contributed by atoms with E-state index >= 15 is 0 Å². The van der Waals surface area contributed by atoms with E-state index in [2.05, 4.69) is 0 Å². The normalized spacial score (nSPS) is 12.9. The number of thioether (sulfide) groups is 1. The minimum Gasteiger partial charge on any atom is -0.480 e. The van der Waals surface area contributed by atoms with Gasteiger partial charge in [0.05, 0.1) is 0 Å². The highest BCUT2D eigenvalue weighted by molar-refractivity contribution is 8.00. The Morgan fingerprint density at radius 1 is 1.47 bits per heavy atom. The second-order valence-electron chi connectivity index (χ2n) is 3.20. The summed E-state index contributed by atoms with van der Waals surface area (Å²) in [6.07, 6.45) is 0. The van der Waals surface area contributed by atoms with Crippen LogP contribution in [0.15, 0.2) is 39.8 Å². The number of carboxylic acids is 1. The number of fused-ring (bicyclic) bond motifs is 1. The fourth-order valence-electron chi connectivity index (χ4n) is 1.24. The lowest BCUT2D eigenvalue weighted by atomic mass is 10.3. The minimum absolute atomic E-state index is 0.495. The number of hydrogen-bond donors (Lipinski definition) is 1. The lowest BCUT2D eigenvalue weighted by Gasteiger charge is -2.00. The van der Waals surface area contributed by atoms with E-state index in [0.717, 1.165) is 11.0 Å². The Balaban J connectivity index is 2.26. The van der Waals surface area contributed by atoms with Gasteiger partial charge in [0.1, 0.15) is 10.8 Å². The van der Waals surface area contributed by atoms with Crippen molar-refractivity contribution in [2.45, 2.75) is 17.3 Å². The van der Waals surface area contributed by atoms with Crippen molar-refractivity contribution in [2.75, 3.05) is 0 Å². The molecule has 1 aromatic carbocycles. The molecule has 0 spiro atoms. The topological polar surface area (TPSA) is 50.4 Å². The summed E-state index contributed by atoms with van der Waals surface area (Å²) >= 11 is 1.21. The number of benzene rings is 1. The minimum atomic E-state index is -0.833. The molecule has 0 saturated carbocycles. The number of carbonyl (C=O) groups is 1. The fourth-order valence-corrected chi connectivity index (χ4v) is 2.02. The summed E-state index contributed by atoms with van der Waals surface area (Å²) in [5.41, 5.74) is 0.789. The van der Waals surface area contributed by atoms with Gasteiger partial charge >= 0.3 is 5.97 Å². The molecule has 0 aliphatic heterocycles. The zero-order valence-corrected chi connectivity index (χ0v) is 8.95. The Kier molecular flexibility index (Phi) is 2.68. The number of carboxylic acid groups (broad SMARTS) is 1. The third-order valence-electron chi connectivity index (χ3n) is 2.04. The third kappa shape index (κ3) is 2.15. The van der Waals surface area contributed by atoms with E-state index in [9.17, 15) is 4.79 Å². The van der Waals surface area contributed by atoms with Crippen LogP contribution in [0.1, 0.15) is 6.92 Å². The quantitative estimate of drug-likeness (QED) is 0.811. The first-order valence-electron chi connectivity index (χ1n) is 4.55. The van der Waals surface area contributed by atoms with Crippen molar-refractivity contribution < 1.29 is 14.3 Å². The number of rotatable bonds is 3. The van der Waals surface area contributed by atoms with E-state index in [4.69, 9.17) is 9.52 Å². The number of furan rings is 1. The van der Waals surface area contributed by atoms with Gasteiger partial charge in [0, 0.05) is 5.39 Å². The highest BCUT2D eigenvalue weighted by Gasteiger charge is 2.15. The van der Waals surface area contributed by atoms with Crippen LogP contribution in [0.3, 0.4) is 0 Å². The van der Waals surface area contributed by atoms with Crippen LogP contribution in [0.2, 0.25) is 0 Å². The zero-order valence-electron chi connectivity index (χ0n) is 8.14. The monoisotopic (exact) mass is 222 g/mol. The SMILES string of the molecule is CC(Sc1cc2ccccc2o1)C(=O)O. The van der Waals surface area contributed by atoms with Crippen LogP contribution in [0.5, 0.6) is 0 Å². The lowest BCUT2D eigenvalue weighted by Crippen LogP contribution is -2.10. The van der Waals surface area contributed by atoms with Crippen LogP contribution >= 0.6 is 11.8 Å². The van der Waals surface area contributed by atoms with Crippen LogP contribution in [-0.4, -0.2) is 16.3 Å². The molecule has 0 bridgehead atoms. The van der Waals surface area contributed by atoms with Crippen LogP contribution in [-0.2, 0) is 4.79 Å². The maximum absolute atomic E-state index is 10.7. The van der Waals surface area contributed by atoms with E-state index in [1.54, 1.807) is 6.92 Å². The van der Waals surface area contributed by atoms with Gasteiger partial charge in [0.15, 0.2) is 5.09 Å². The van der Waals surface area contributed by atoms with Crippen molar-refractivity contribution in [1.29, 1.82) is 0 Å². The summed E-state index contributed by atoms with van der Waals surface area (Å²) in [6.45, 7) is 1.64. The summed E-state index contributed by atoms with van der Waals surface area (Å²) in [6, 6.07) is 9.48. The van der Waals surface area contributed by atoms with E-state index in [1.807, 2.05) is 30.3 Å². The second kappa shape index (κ2) is 3.98. The van der Waals surface area contributed by atoms with Gasteiger partial charge < -0.3 is 9.52 Å². The molecular weight excluding hydrogens is 212 g/mol. The summed E-state index contributed by atoms with van der Waals surface area (Å²) < 4.78 is 5.49. The molecule has 2 aromatic rings. The largest absolute Gasteiger partial charge is 0.480 e. The molecule has 1 heterocycles. The van der Waals surface area contributed by atoms with E-state index in [-0.39, 0.29) is 0 Å². The predicted octanol–water partition coefficient (Wildman–Crippen LogP) is 3.00. The molecule has 4 heteroatoms. The van der Waals surface area contributed by atoms with Gasteiger partial charge in [-0.05, 0) is 19.1 Å². The van der Waals surface area contributed by atoms with Crippen LogP contribution in [0.25, 0.3) is 11.0 Å². The average molecular weight is 222 g/mol. The van der Waals surface area contributed by atoms with Gasteiger partial charge in [-0.3, -0.25) is 4.79 Å². The second-order valence-corrected chi connectivity index (χ2v) is 4.55. The lowest BCUT2D eigenvalue weighted by molar-refractivity contribution is -0.136. The molecular formula is C11H10O3S. The van der Waals surface area contributed by atoms with Gasteiger partial charge in [-0.1, -0.05) is 30.0 Å². The van der Waals surface area contributed by atoms with Crippen molar-refractivity contribution in [3.8, 4) is 0 Å². The molecule has 0 saturated heterocycles. The maximum Gasteiger partial charge on any atom is 0.316 e. The summed E-state index contributed by atoms with van der Waals surface area (Å²) in [4.78, 5) is 10.7. The van der Waals surface area contributed by atoms with E-state index in [0.29, 0.717) is 5.09 Å². The molecule has 1 unspecified atom stereocenters. The molecule has 1 N–H and O–H groups in total. The highest BCUT2D eigenvalue weighted by atomic mass is 32.2. The Morgan fingerprint density at radius 3 is 2.87 bits per heavy atom. The van der Waals surface area contributed by atoms with Crippen LogP contribution < -0.4 is 0 Å². The van der Waals surface area contributed by atoms with Gasteiger partial charge in [-0.15, -0.1) is 0 Å². The van der Waals surface area contributed by atoms with Gasteiger partial charge in [-0.2, -0.15) is 0 Å². The van der Waals surface area contributed by atoms with E-state index < -0.39 is 11.2 Å². The van der Waals surface area contributed by atoms with Gasteiger partial charge in [0.25, 0.3) is 0 Å². The highest BCUT2D eigenvalue weighted by Crippen LogP contribution is 2.29. The third-order valence-corrected chi connectivity index (χ3v) is 3.03. The van der Waals surface area contributed by atoms with Crippen LogP contribution in [0.4, 0.5) is 0 Å². The summed E-state index contributed by atoms with van der Waals surface area (Å²) in [5.74, 6) is -0.833. The fraction of sp³-hybridized carbons (Fsp3) is 0.182. The van der Waals surface area contributed by atoms with Crippen molar-refractivity contribution >= 4 is 28.7 Å². The van der Waals surface area contributed by atoms with Crippen molar-refractivity contribution in [1.82, 2.24) is 0 Å². The Morgan fingerprint density at radius 2 is 2.20 bits per heavy atom. The standard InChI is InChI=1S/C11H10O3S/c1-7(11(12)13)15-10-6-8-4-2-3-5-9(8)14-10/h2-7H,1H3,(H,12,13). The van der Waals surface area contributed by atoms with Crippen LogP contribution in [0, 0.1) is 0 Å². The predicted molar refractivity (Wildman–Crippen MR) is 59.2 cm³/mol. The smallest absolute Gasteiger partial charge is 0.316 e. The molecule has 0 fully saturated rings. The first-order chi connectivity index (χ1) is 7.16. The zero-order chi connectivity index (χ0) is 10.8. The maximum atomic E-state index is 10.7. The first kappa shape index (κ1) is 10.1. The number of aliphatic carboxylic acids is 1. The molecule has 0 aliphatic carbocycles. The van der Waals surface area contributed by atoms with Gasteiger partial charge in [-0.25, -0.2) is 0 Å². The van der Waals surface area contributed by atoms with Gasteiger partial charge in [0.2, 0.25) is 0 Å². The Bertz CT molecular complexity index is 456. The van der Waals surface area contributed by atoms with Crippen molar-refractivity contribution in [3.05, 3.63) is 30.3 Å². The average Bonchev–Trinajstić information content (AvgIpc) is 2.59. The molecule has 78 valence electrons. The molecule has 0 amide bonds. The Hall–Kier alpha value is -1.42. The number of hydrogen-bond acceptors (Lipinski definition) is 3. The molecule has 15 heavy (non-hydrogen) atoms. The summed E-state index contributed by atoms with van der Waals surface area (Å²) in [5, 5.41) is 9.90. The Labute approximate surface area is 91.1 Å². The van der Waals surface area contributed by atoms with E-state index in [1.165, 1.54) is 11.8 Å². The molecule has 0 aliphatic rings. The summed E-state index contributed by atoms with van der Waals surface area (Å²) in [7, 11) is 0. The number of para-hydroxylation sites is 1. The first-order valence-corrected chi connectivity index (χ1v) is 5.43. The van der Waals surface area contributed by atoms with Crippen molar-refractivity contribution in [3.63, 3.8) is 0 Å². The molecule has 3 nitrogen and oxygen atoms in total.